The number of halogens is 1. The van der Waals surface area contributed by atoms with Gasteiger partial charge in [-0.15, -0.1) is 0 Å². The summed E-state index contributed by atoms with van der Waals surface area (Å²) in [4.78, 5) is 12.2. The second kappa shape index (κ2) is 4.21. The van der Waals surface area contributed by atoms with E-state index in [1.807, 2.05) is 32.0 Å². The molecular formula is C13H16BrNO. The van der Waals surface area contributed by atoms with Crippen molar-refractivity contribution in [1.29, 1.82) is 0 Å². The minimum atomic E-state index is 0.0196. The molecule has 0 unspecified atom stereocenters. The first-order valence-electron chi connectivity index (χ1n) is 5.53. The summed E-state index contributed by atoms with van der Waals surface area (Å²) < 4.78 is 0. The first-order valence-corrected chi connectivity index (χ1v) is 6.65. The van der Waals surface area contributed by atoms with E-state index in [2.05, 4.69) is 21.2 Å². The Labute approximate surface area is 105 Å². The summed E-state index contributed by atoms with van der Waals surface area (Å²) in [5, 5.41) is 3.97. The maximum Gasteiger partial charge on any atom is 0.252 e. The van der Waals surface area contributed by atoms with Crippen molar-refractivity contribution in [2.24, 2.45) is 0 Å². The molecule has 1 aromatic carbocycles. The van der Waals surface area contributed by atoms with Crippen molar-refractivity contribution in [3.8, 4) is 0 Å². The van der Waals surface area contributed by atoms with Crippen LogP contribution in [0.2, 0.25) is 0 Å². The van der Waals surface area contributed by atoms with Crippen LogP contribution in [0.3, 0.4) is 0 Å². The molecule has 0 heterocycles. The van der Waals surface area contributed by atoms with Gasteiger partial charge >= 0.3 is 0 Å². The number of aryl methyl sites for hydroxylation is 2. The first-order chi connectivity index (χ1) is 7.58. The molecule has 1 N–H and O–H groups in total. The summed E-state index contributed by atoms with van der Waals surface area (Å²) in [6, 6.07) is 5.95. The summed E-state index contributed by atoms with van der Waals surface area (Å²) in [5.41, 5.74) is 2.94. The van der Waals surface area contributed by atoms with Gasteiger partial charge in [0.05, 0.1) is 5.54 Å². The monoisotopic (exact) mass is 281 g/mol. The third kappa shape index (κ3) is 2.14. The molecule has 1 amide bonds. The van der Waals surface area contributed by atoms with Crippen molar-refractivity contribution in [3.63, 3.8) is 0 Å². The van der Waals surface area contributed by atoms with E-state index in [9.17, 15) is 4.79 Å². The number of hydrogen-bond acceptors (Lipinski definition) is 1. The van der Waals surface area contributed by atoms with Crippen LogP contribution in [0.4, 0.5) is 0 Å². The van der Waals surface area contributed by atoms with E-state index in [0.29, 0.717) is 0 Å². The highest BCUT2D eigenvalue weighted by atomic mass is 79.9. The number of carbonyl (C=O) groups excluding carboxylic acids is 1. The fourth-order valence-electron chi connectivity index (χ4n) is 1.92. The van der Waals surface area contributed by atoms with Crippen LogP contribution >= 0.6 is 15.9 Å². The Bertz CT molecular complexity index is 404. The number of hydrogen-bond donors (Lipinski definition) is 1. The molecule has 1 aliphatic carbocycles. The number of carbonyl (C=O) groups is 1. The Hall–Kier alpha value is -0.830. The summed E-state index contributed by atoms with van der Waals surface area (Å²) in [6.07, 6.45) is 2.16. The molecule has 16 heavy (non-hydrogen) atoms. The second-order valence-corrected chi connectivity index (χ2v) is 5.20. The maximum absolute atomic E-state index is 12.2. The van der Waals surface area contributed by atoms with Gasteiger partial charge in [-0.3, -0.25) is 4.79 Å². The standard InChI is InChI=1S/C13H16BrNO/c1-9-4-3-5-10(2)11(9)12(16)15-13(8-14)6-7-13/h3-5H,6-8H2,1-2H3,(H,15,16). The fraction of sp³-hybridized carbons (Fsp3) is 0.462. The van der Waals surface area contributed by atoms with Crippen LogP contribution in [0.1, 0.15) is 34.3 Å². The minimum absolute atomic E-state index is 0.0196. The lowest BCUT2D eigenvalue weighted by Gasteiger charge is -2.16. The molecule has 0 aromatic heterocycles. The molecule has 1 saturated carbocycles. The van der Waals surface area contributed by atoms with E-state index in [1.165, 1.54) is 0 Å². The van der Waals surface area contributed by atoms with Gasteiger partial charge in [0.25, 0.3) is 5.91 Å². The number of rotatable bonds is 3. The van der Waals surface area contributed by atoms with Gasteiger partial charge in [-0.1, -0.05) is 34.1 Å². The predicted molar refractivity (Wildman–Crippen MR) is 69.1 cm³/mol. The normalized spacial score (nSPS) is 16.9. The van der Waals surface area contributed by atoms with Crippen molar-refractivity contribution in [3.05, 3.63) is 34.9 Å². The van der Waals surface area contributed by atoms with E-state index in [1.54, 1.807) is 0 Å². The zero-order chi connectivity index (χ0) is 11.8. The number of amides is 1. The molecule has 1 aromatic rings. The Kier molecular flexibility index (Phi) is 3.06. The Morgan fingerprint density at radius 1 is 1.38 bits per heavy atom. The number of alkyl halides is 1. The largest absolute Gasteiger partial charge is 0.346 e. The van der Waals surface area contributed by atoms with Crippen molar-refractivity contribution < 1.29 is 4.79 Å². The lowest BCUT2D eigenvalue weighted by atomic mass is 10.0. The van der Waals surface area contributed by atoms with Crippen LogP contribution in [0, 0.1) is 13.8 Å². The molecule has 0 aliphatic heterocycles. The van der Waals surface area contributed by atoms with Gasteiger partial charge in [0.1, 0.15) is 0 Å². The third-order valence-corrected chi connectivity index (χ3v) is 4.27. The maximum atomic E-state index is 12.2. The molecule has 86 valence electrons. The SMILES string of the molecule is Cc1cccc(C)c1C(=O)NC1(CBr)CC1. The van der Waals surface area contributed by atoms with Crippen molar-refractivity contribution in [2.75, 3.05) is 5.33 Å². The van der Waals surface area contributed by atoms with Crippen LogP contribution in [0.15, 0.2) is 18.2 Å². The summed E-state index contributed by atoms with van der Waals surface area (Å²) in [6.45, 7) is 3.96. The van der Waals surface area contributed by atoms with E-state index in [-0.39, 0.29) is 11.4 Å². The van der Waals surface area contributed by atoms with Gasteiger partial charge in [0.15, 0.2) is 0 Å². The van der Waals surface area contributed by atoms with E-state index in [0.717, 1.165) is 34.9 Å². The quantitative estimate of drug-likeness (QED) is 0.848. The average molecular weight is 282 g/mol. The number of nitrogens with one attached hydrogen (secondary N) is 1. The summed E-state index contributed by atoms with van der Waals surface area (Å²) >= 11 is 3.46. The van der Waals surface area contributed by atoms with Crippen LogP contribution < -0.4 is 5.32 Å². The first kappa shape index (κ1) is 11.6. The number of benzene rings is 1. The Morgan fingerprint density at radius 3 is 2.38 bits per heavy atom. The van der Waals surface area contributed by atoms with E-state index >= 15 is 0 Å². The highest BCUT2D eigenvalue weighted by Gasteiger charge is 2.43. The van der Waals surface area contributed by atoms with Crippen molar-refractivity contribution in [1.82, 2.24) is 5.32 Å². The van der Waals surface area contributed by atoms with Gasteiger partial charge in [-0.25, -0.2) is 0 Å². The highest BCUT2D eigenvalue weighted by molar-refractivity contribution is 9.09. The summed E-state index contributed by atoms with van der Waals surface area (Å²) in [7, 11) is 0. The van der Waals surface area contributed by atoms with Crippen molar-refractivity contribution in [2.45, 2.75) is 32.2 Å². The average Bonchev–Trinajstić information content (AvgIpc) is 2.98. The molecule has 2 nitrogen and oxygen atoms in total. The van der Waals surface area contributed by atoms with Crippen molar-refractivity contribution >= 4 is 21.8 Å². The van der Waals surface area contributed by atoms with Gasteiger partial charge in [0.2, 0.25) is 0 Å². The molecule has 2 rings (SSSR count). The fourth-order valence-corrected chi connectivity index (χ4v) is 2.62. The third-order valence-electron chi connectivity index (χ3n) is 3.20. The molecule has 0 bridgehead atoms. The molecule has 1 aliphatic rings. The zero-order valence-electron chi connectivity index (χ0n) is 9.64. The Morgan fingerprint density at radius 2 is 1.94 bits per heavy atom. The van der Waals surface area contributed by atoms with Gasteiger partial charge in [-0.2, -0.15) is 0 Å². The lowest BCUT2D eigenvalue weighted by Crippen LogP contribution is -2.38. The second-order valence-electron chi connectivity index (χ2n) is 4.63. The van der Waals surface area contributed by atoms with Crippen LogP contribution in [-0.2, 0) is 0 Å². The molecule has 0 atom stereocenters. The van der Waals surface area contributed by atoms with Crippen LogP contribution in [0.25, 0.3) is 0 Å². The molecule has 0 radical (unpaired) electrons. The Balaban J connectivity index is 2.21. The summed E-state index contributed by atoms with van der Waals surface area (Å²) in [5.74, 6) is 0.0625. The van der Waals surface area contributed by atoms with Gasteiger partial charge < -0.3 is 5.32 Å². The molecule has 0 saturated heterocycles. The zero-order valence-corrected chi connectivity index (χ0v) is 11.2. The molecular weight excluding hydrogens is 266 g/mol. The van der Waals surface area contributed by atoms with Gasteiger partial charge in [-0.05, 0) is 37.8 Å². The van der Waals surface area contributed by atoms with Crippen LogP contribution in [0.5, 0.6) is 0 Å². The lowest BCUT2D eigenvalue weighted by molar-refractivity contribution is 0.0935. The molecule has 1 fully saturated rings. The van der Waals surface area contributed by atoms with Gasteiger partial charge in [0, 0.05) is 10.9 Å². The predicted octanol–water partition coefficient (Wildman–Crippen LogP) is 2.96. The smallest absolute Gasteiger partial charge is 0.252 e. The molecule has 3 heteroatoms. The highest BCUT2D eigenvalue weighted by Crippen LogP contribution is 2.37. The van der Waals surface area contributed by atoms with Crippen LogP contribution in [-0.4, -0.2) is 16.8 Å². The van der Waals surface area contributed by atoms with E-state index < -0.39 is 0 Å². The van der Waals surface area contributed by atoms with E-state index in [4.69, 9.17) is 0 Å². The minimum Gasteiger partial charge on any atom is -0.346 e. The topological polar surface area (TPSA) is 29.1 Å². The molecule has 0 spiro atoms.